The van der Waals surface area contributed by atoms with Crippen LogP contribution in [0.5, 0.6) is 0 Å². The van der Waals surface area contributed by atoms with Gasteiger partial charge >= 0.3 is 0 Å². The second kappa shape index (κ2) is 7.86. The van der Waals surface area contributed by atoms with Crippen LogP contribution in [-0.2, 0) is 14.3 Å². The van der Waals surface area contributed by atoms with Gasteiger partial charge in [-0.1, -0.05) is 12.1 Å². The van der Waals surface area contributed by atoms with Gasteiger partial charge in [-0.3, -0.25) is 14.4 Å². The number of carbonyl (C=O) groups is 3. The highest BCUT2D eigenvalue weighted by atomic mass is 16.5. The first-order chi connectivity index (χ1) is 12.5. The van der Waals surface area contributed by atoms with E-state index in [9.17, 15) is 14.4 Å². The molecule has 2 aliphatic rings. The van der Waals surface area contributed by atoms with Crippen LogP contribution in [0.3, 0.4) is 0 Å². The van der Waals surface area contributed by atoms with Crippen LogP contribution < -0.4 is 4.90 Å². The molecule has 7 nitrogen and oxygen atoms in total. The van der Waals surface area contributed by atoms with Crippen molar-refractivity contribution >= 4 is 23.4 Å². The third-order valence-electron chi connectivity index (χ3n) is 4.99. The predicted molar refractivity (Wildman–Crippen MR) is 97.0 cm³/mol. The monoisotopic (exact) mass is 359 g/mol. The number of likely N-dealkylation sites (N-methyl/N-ethyl adjacent to an activating group) is 2. The Balaban J connectivity index is 1.69. The molecule has 0 saturated carbocycles. The topological polar surface area (TPSA) is 70.2 Å². The Kier molecular flexibility index (Phi) is 5.56. The van der Waals surface area contributed by atoms with Gasteiger partial charge in [0.15, 0.2) is 0 Å². The first-order valence-corrected chi connectivity index (χ1v) is 8.98. The summed E-state index contributed by atoms with van der Waals surface area (Å²) in [5.41, 5.74) is 1.01. The predicted octanol–water partition coefficient (Wildman–Crippen LogP) is 1.13. The molecule has 2 aliphatic heterocycles. The van der Waals surface area contributed by atoms with Gasteiger partial charge in [0.2, 0.25) is 11.8 Å². The normalized spacial score (nSPS) is 20.6. The number of para-hydroxylation sites is 1. The Bertz CT molecular complexity index is 700. The molecule has 1 aromatic carbocycles. The standard InChI is InChI=1S/C19H25N3O4/c1-20(11-14-7-5-6-10-26-14)17(23)12-22-13-18(24)21(2)16-9-4-3-8-15(16)19(22)25/h3-4,8-9,14H,5-7,10-13H2,1-2H3/t14-/m1/s1. The zero-order valence-electron chi connectivity index (χ0n) is 15.3. The zero-order chi connectivity index (χ0) is 18.7. The third kappa shape index (κ3) is 3.88. The summed E-state index contributed by atoms with van der Waals surface area (Å²) in [4.78, 5) is 42.2. The SMILES string of the molecule is CN(C[C@H]1CCCCO1)C(=O)CN1CC(=O)N(C)c2ccccc2C1=O. The maximum absolute atomic E-state index is 12.8. The quantitative estimate of drug-likeness (QED) is 0.808. The van der Waals surface area contributed by atoms with E-state index in [-0.39, 0.29) is 36.9 Å². The second-order valence-corrected chi connectivity index (χ2v) is 6.89. The molecule has 0 aromatic heterocycles. The summed E-state index contributed by atoms with van der Waals surface area (Å²) in [5.74, 6) is -0.703. The van der Waals surface area contributed by atoms with Gasteiger partial charge in [-0.25, -0.2) is 0 Å². The van der Waals surface area contributed by atoms with Crippen molar-refractivity contribution in [3.8, 4) is 0 Å². The number of anilines is 1. The highest BCUT2D eigenvalue weighted by Gasteiger charge is 2.31. The third-order valence-corrected chi connectivity index (χ3v) is 4.99. The number of ether oxygens (including phenoxy) is 1. The Labute approximate surface area is 153 Å². The van der Waals surface area contributed by atoms with Crippen LogP contribution in [0, 0.1) is 0 Å². The molecule has 1 saturated heterocycles. The van der Waals surface area contributed by atoms with Crippen molar-refractivity contribution in [1.29, 1.82) is 0 Å². The molecular weight excluding hydrogens is 334 g/mol. The average Bonchev–Trinajstić information content (AvgIpc) is 2.74. The lowest BCUT2D eigenvalue weighted by Gasteiger charge is -2.29. The molecule has 1 fully saturated rings. The molecule has 0 unspecified atom stereocenters. The lowest BCUT2D eigenvalue weighted by Crippen LogP contribution is -2.46. The fourth-order valence-corrected chi connectivity index (χ4v) is 3.36. The summed E-state index contributed by atoms with van der Waals surface area (Å²) in [6.45, 7) is 1.01. The molecule has 3 amide bonds. The van der Waals surface area contributed by atoms with Crippen LogP contribution in [0.15, 0.2) is 24.3 Å². The van der Waals surface area contributed by atoms with Gasteiger partial charge in [0.05, 0.1) is 17.4 Å². The lowest BCUT2D eigenvalue weighted by atomic mass is 10.1. The summed E-state index contributed by atoms with van der Waals surface area (Å²) in [5, 5.41) is 0. The van der Waals surface area contributed by atoms with Gasteiger partial charge in [0.25, 0.3) is 5.91 Å². The Hall–Kier alpha value is -2.41. The molecule has 1 aromatic rings. The van der Waals surface area contributed by atoms with E-state index in [1.807, 2.05) is 0 Å². The summed E-state index contributed by atoms with van der Waals surface area (Å²) in [6, 6.07) is 6.97. The van der Waals surface area contributed by atoms with Crippen molar-refractivity contribution in [1.82, 2.24) is 9.80 Å². The molecule has 0 bridgehead atoms. The fourth-order valence-electron chi connectivity index (χ4n) is 3.36. The van der Waals surface area contributed by atoms with Crippen molar-refractivity contribution in [2.45, 2.75) is 25.4 Å². The largest absolute Gasteiger partial charge is 0.376 e. The van der Waals surface area contributed by atoms with Crippen LogP contribution in [0.2, 0.25) is 0 Å². The van der Waals surface area contributed by atoms with E-state index in [0.717, 1.165) is 25.9 Å². The minimum atomic E-state index is -0.297. The minimum absolute atomic E-state index is 0.0472. The van der Waals surface area contributed by atoms with E-state index in [1.54, 1.807) is 43.3 Å². The Morgan fingerprint density at radius 3 is 2.77 bits per heavy atom. The van der Waals surface area contributed by atoms with Crippen molar-refractivity contribution < 1.29 is 19.1 Å². The number of rotatable bonds is 4. The summed E-state index contributed by atoms with van der Waals surface area (Å²) in [7, 11) is 3.36. The molecule has 1 atom stereocenters. The summed E-state index contributed by atoms with van der Waals surface area (Å²) in [6.07, 6.45) is 3.16. The van der Waals surface area contributed by atoms with E-state index in [0.29, 0.717) is 17.8 Å². The van der Waals surface area contributed by atoms with Gasteiger partial charge in [-0.05, 0) is 31.4 Å². The van der Waals surface area contributed by atoms with Crippen molar-refractivity contribution in [2.24, 2.45) is 0 Å². The van der Waals surface area contributed by atoms with Gasteiger partial charge in [-0.2, -0.15) is 0 Å². The molecule has 26 heavy (non-hydrogen) atoms. The first-order valence-electron chi connectivity index (χ1n) is 8.98. The fraction of sp³-hybridized carbons (Fsp3) is 0.526. The Morgan fingerprint density at radius 1 is 1.27 bits per heavy atom. The molecule has 0 N–H and O–H groups in total. The molecule has 0 aliphatic carbocycles. The molecule has 3 rings (SSSR count). The number of nitrogens with zero attached hydrogens (tertiary/aromatic N) is 3. The molecule has 2 heterocycles. The summed E-state index contributed by atoms with van der Waals surface area (Å²) < 4.78 is 5.67. The number of carbonyl (C=O) groups excluding carboxylic acids is 3. The first kappa shape index (κ1) is 18.4. The van der Waals surface area contributed by atoms with Gasteiger partial charge in [-0.15, -0.1) is 0 Å². The average molecular weight is 359 g/mol. The Morgan fingerprint density at radius 2 is 2.04 bits per heavy atom. The maximum atomic E-state index is 12.8. The van der Waals surface area contributed by atoms with Crippen LogP contribution in [0.25, 0.3) is 0 Å². The van der Waals surface area contributed by atoms with Gasteiger partial charge in [0, 0.05) is 27.2 Å². The lowest BCUT2D eigenvalue weighted by molar-refractivity contribution is -0.133. The molecule has 7 heteroatoms. The van der Waals surface area contributed by atoms with Crippen LogP contribution in [0.1, 0.15) is 29.6 Å². The van der Waals surface area contributed by atoms with Crippen molar-refractivity contribution in [3.63, 3.8) is 0 Å². The number of hydrogen-bond donors (Lipinski definition) is 0. The molecular formula is C19H25N3O4. The van der Waals surface area contributed by atoms with Crippen molar-refractivity contribution in [2.75, 3.05) is 45.2 Å². The van der Waals surface area contributed by atoms with E-state index >= 15 is 0 Å². The minimum Gasteiger partial charge on any atom is -0.376 e. The van der Waals surface area contributed by atoms with E-state index in [2.05, 4.69) is 0 Å². The van der Waals surface area contributed by atoms with Crippen LogP contribution in [0.4, 0.5) is 5.69 Å². The molecule has 140 valence electrons. The van der Waals surface area contributed by atoms with Gasteiger partial charge < -0.3 is 19.4 Å². The van der Waals surface area contributed by atoms with E-state index < -0.39 is 0 Å². The number of amides is 3. The summed E-state index contributed by atoms with van der Waals surface area (Å²) >= 11 is 0. The van der Waals surface area contributed by atoms with Gasteiger partial charge in [0.1, 0.15) is 13.1 Å². The van der Waals surface area contributed by atoms with E-state index in [4.69, 9.17) is 4.74 Å². The number of benzene rings is 1. The highest BCUT2D eigenvalue weighted by molar-refractivity contribution is 6.10. The zero-order valence-corrected chi connectivity index (χ0v) is 15.3. The number of fused-ring (bicyclic) bond motifs is 1. The molecule has 0 spiro atoms. The van der Waals surface area contributed by atoms with E-state index in [1.165, 1.54) is 9.80 Å². The highest BCUT2D eigenvalue weighted by Crippen LogP contribution is 2.24. The van der Waals surface area contributed by atoms with Crippen LogP contribution >= 0.6 is 0 Å². The van der Waals surface area contributed by atoms with Crippen LogP contribution in [-0.4, -0.2) is 74.0 Å². The number of hydrogen-bond acceptors (Lipinski definition) is 4. The second-order valence-electron chi connectivity index (χ2n) is 6.89. The maximum Gasteiger partial charge on any atom is 0.256 e. The van der Waals surface area contributed by atoms with Crippen molar-refractivity contribution in [3.05, 3.63) is 29.8 Å². The molecule has 0 radical (unpaired) electrons. The smallest absolute Gasteiger partial charge is 0.256 e.